The van der Waals surface area contributed by atoms with Crippen molar-refractivity contribution >= 4 is 0 Å². The van der Waals surface area contributed by atoms with Crippen LogP contribution in [0.1, 0.15) is 52.4 Å². The van der Waals surface area contributed by atoms with Gasteiger partial charge in [0.25, 0.3) is 0 Å². The number of rotatable bonds is 5. The van der Waals surface area contributed by atoms with Gasteiger partial charge in [0, 0.05) is 38.3 Å². The van der Waals surface area contributed by atoms with E-state index in [0.717, 1.165) is 12.5 Å². The highest BCUT2D eigenvalue weighted by molar-refractivity contribution is 4.97. The van der Waals surface area contributed by atoms with Crippen molar-refractivity contribution in [3.8, 4) is 0 Å². The first-order valence-corrected chi connectivity index (χ1v) is 8.41. The van der Waals surface area contributed by atoms with Crippen LogP contribution in [0.3, 0.4) is 0 Å². The van der Waals surface area contributed by atoms with E-state index < -0.39 is 0 Å². The van der Waals surface area contributed by atoms with Crippen LogP contribution in [0.4, 0.5) is 0 Å². The molecule has 0 aromatic rings. The first kappa shape index (κ1) is 15.3. The maximum atomic E-state index is 6.19. The Morgan fingerprint density at radius 3 is 2.16 bits per heavy atom. The Hall–Kier alpha value is -0.120. The van der Waals surface area contributed by atoms with Gasteiger partial charge >= 0.3 is 0 Å². The Morgan fingerprint density at radius 1 is 1.05 bits per heavy atom. The third kappa shape index (κ3) is 3.50. The second kappa shape index (κ2) is 7.05. The lowest BCUT2D eigenvalue weighted by Gasteiger charge is -2.50. The first-order chi connectivity index (χ1) is 9.24. The molecule has 1 aliphatic carbocycles. The molecule has 1 aliphatic heterocycles. The summed E-state index contributed by atoms with van der Waals surface area (Å²) in [6, 6.07) is 0. The van der Waals surface area contributed by atoms with Gasteiger partial charge in [-0.2, -0.15) is 0 Å². The average molecular weight is 267 g/mol. The summed E-state index contributed by atoms with van der Waals surface area (Å²) in [7, 11) is 0. The van der Waals surface area contributed by atoms with Crippen LogP contribution in [0.25, 0.3) is 0 Å². The summed E-state index contributed by atoms with van der Waals surface area (Å²) >= 11 is 0. The molecular formula is C16H33N3. The third-order valence-electron chi connectivity index (χ3n) is 5.58. The third-order valence-corrected chi connectivity index (χ3v) is 5.58. The minimum Gasteiger partial charge on any atom is -0.329 e. The standard InChI is InChI=1S/C16H33N3/c1-3-9-18-10-12-19(13-11-18)16(14-17)7-5-15(4-2)6-8-16/h15H,3-14,17H2,1-2H3. The Labute approximate surface area is 119 Å². The molecule has 1 saturated carbocycles. The molecule has 2 rings (SSSR count). The normalized spacial score (nSPS) is 34.6. The van der Waals surface area contributed by atoms with Crippen LogP contribution >= 0.6 is 0 Å². The highest BCUT2D eigenvalue weighted by Crippen LogP contribution is 2.37. The second-order valence-electron chi connectivity index (χ2n) is 6.61. The lowest BCUT2D eigenvalue weighted by Crippen LogP contribution is -2.61. The number of nitrogens with zero attached hydrogens (tertiary/aromatic N) is 2. The molecule has 1 saturated heterocycles. The molecule has 112 valence electrons. The zero-order valence-corrected chi connectivity index (χ0v) is 13.0. The minimum atomic E-state index is 0.337. The van der Waals surface area contributed by atoms with Crippen molar-refractivity contribution in [2.45, 2.75) is 57.9 Å². The molecule has 0 unspecified atom stereocenters. The van der Waals surface area contributed by atoms with Crippen molar-refractivity contribution in [2.24, 2.45) is 11.7 Å². The van der Waals surface area contributed by atoms with Crippen molar-refractivity contribution in [1.29, 1.82) is 0 Å². The predicted octanol–water partition coefficient (Wildman–Crippen LogP) is 2.31. The van der Waals surface area contributed by atoms with Gasteiger partial charge in [-0.05, 0) is 44.6 Å². The Bertz CT molecular complexity index is 251. The zero-order chi connectivity index (χ0) is 13.7. The van der Waals surface area contributed by atoms with Crippen molar-refractivity contribution in [2.75, 3.05) is 39.3 Å². The van der Waals surface area contributed by atoms with E-state index in [2.05, 4.69) is 23.6 Å². The van der Waals surface area contributed by atoms with Gasteiger partial charge in [-0.1, -0.05) is 20.3 Å². The van der Waals surface area contributed by atoms with E-state index in [1.165, 1.54) is 71.2 Å². The molecule has 0 amide bonds. The average Bonchev–Trinajstić information content (AvgIpc) is 2.48. The fourth-order valence-electron chi connectivity index (χ4n) is 4.03. The summed E-state index contributed by atoms with van der Waals surface area (Å²) in [4.78, 5) is 5.34. The number of hydrogen-bond acceptors (Lipinski definition) is 3. The fourth-order valence-corrected chi connectivity index (χ4v) is 4.03. The molecule has 0 spiro atoms. The van der Waals surface area contributed by atoms with Gasteiger partial charge in [0.1, 0.15) is 0 Å². The molecule has 19 heavy (non-hydrogen) atoms. The van der Waals surface area contributed by atoms with Crippen LogP contribution in [-0.4, -0.2) is 54.6 Å². The highest BCUT2D eigenvalue weighted by atomic mass is 15.3. The van der Waals surface area contributed by atoms with Crippen molar-refractivity contribution in [1.82, 2.24) is 9.80 Å². The number of piperazine rings is 1. The van der Waals surface area contributed by atoms with E-state index in [-0.39, 0.29) is 0 Å². The molecule has 0 aromatic carbocycles. The van der Waals surface area contributed by atoms with Crippen LogP contribution in [0.2, 0.25) is 0 Å². The van der Waals surface area contributed by atoms with Crippen LogP contribution < -0.4 is 5.73 Å². The van der Waals surface area contributed by atoms with E-state index in [1.807, 2.05) is 0 Å². The molecular weight excluding hydrogens is 234 g/mol. The summed E-state index contributed by atoms with van der Waals surface area (Å²) in [5, 5.41) is 0. The zero-order valence-electron chi connectivity index (χ0n) is 13.0. The summed E-state index contributed by atoms with van der Waals surface area (Å²) in [6.45, 7) is 11.7. The number of nitrogens with two attached hydrogens (primary N) is 1. The smallest absolute Gasteiger partial charge is 0.0333 e. The largest absolute Gasteiger partial charge is 0.329 e. The maximum absolute atomic E-state index is 6.19. The van der Waals surface area contributed by atoms with Crippen molar-refractivity contribution < 1.29 is 0 Å². The molecule has 0 atom stereocenters. The van der Waals surface area contributed by atoms with Crippen LogP contribution in [-0.2, 0) is 0 Å². The van der Waals surface area contributed by atoms with Crippen LogP contribution in [0.15, 0.2) is 0 Å². The molecule has 3 heteroatoms. The Morgan fingerprint density at radius 2 is 1.68 bits per heavy atom. The fraction of sp³-hybridized carbons (Fsp3) is 1.00. The van der Waals surface area contributed by atoms with Gasteiger partial charge in [0.15, 0.2) is 0 Å². The minimum absolute atomic E-state index is 0.337. The molecule has 0 bridgehead atoms. The van der Waals surface area contributed by atoms with Gasteiger partial charge in [-0.25, -0.2) is 0 Å². The molecule has 2 fully saturated rings. The van der Waals surface area contributed by atoms with Gasteiger partial charge in [0.05, 0.1) is 0 Å². The number of hydrogen-bond donors (Lipinski definition) is 1. The van der Waals surface area contributed by atoms with E-state index in [9.17, 15) is 0 Å². The monoisotopic (exact) mass is 267 g/mol. The molecule has 0 aromatic heterocycles. The van der Waals surface area contributed by atoms with Gasteiger partial charge in [-0.3, -0.25) is 4.90 Å². The lowest BCUT2D eigenvalue weighted by molar-refractivity contribution is 0.00340. The molecule has 0 radical (unpaired) electrons. The van der Waals surface area contributed by atoms with Crippen molar-refractivity contribution in [3.63, 3.8) is 0 Å². The topological polar surface area (TPSA) is 32.5 Å². The molecule has 2 N–H and O–H groups in total. The highest BCUT2D eigenvalue weighted by Gasteiger charge is 2.39. The van der Waals surface area contributed by atoms with E-state index in [0.29, 0.717) is 5.54 Å². The summed E-state index contributed by atoms with van der Waals surface area (Å²) < 4.78 is 0. The quantitative estimate of drug-likeness (QED) is 0.830. The van der Waals surface area contributed by atoms with Gasteiger partial charge < -0.3 is 10.6 Å². The van der Waals surface area contributed by atoms with E-state index in [1.54, 1.807) is 0 Å². The predicted molar refractivity (Wildman–Crippen MR) is 82.3 cm³/mol. The van der Waals surface area contributed by atoms with Crippen LogP contribution in [0.5, 0.6) is 0 Å². The maximum Gasteiger partial charge on any atom is 0.0333 e. The SMILES string of the molecule is CCCN1CCN(C2(CN)CCC(CC)CC2)CC1. The van der Waals surface area contributed by atoms with E-state index >= 15 is 0 Å². The molecule has 3 nitrogen and oxygen atoms in total. The Balaban J connectivity index is 1.88. The van der Waals surface area contributed by atoms with E-state index in [4.69, 9.17) is 5.73 Å². The lowest BCUT2D eigenvalue weighted by atomic mass is 9.74. The summed E-state index contributed by atoms with van der Waals surface area (Å²) in [5.74, 6) is 0.959. The summed E-state index contributed by atoms with van der Waals surface area (Å²) in [6.07, 6.45) is 8.07. The second-order valence-corrected chi connectivity index (χ2v) is 6.61. The van der Waals surface area contributed by atoms with Crippen LogP contribution in [0, 0.1) is 5.92 Å². The van der Waals surface area contributed by atoms with Gasteiger partial charge in [-0.15, -0.1) is 0 Å². The van der Waals surface area contributed by atoms with Crippen molar-refractivity contribution in [3.05, 3.63) is 0 Å². The molecule has 2 aliphatic rings. The summed E-state index contributed by atoms with van der Waals surface area (Å²) in [5.41, 5.74) is 6.53. The first-order valence-electron chi connectivity index (χ1n) is 8.41. The molecule has 1 heterocycles. The van der Waals surface area contributed by atoms with Gasteiger partial charge in [0.2, 0.25) is 0 Å². The Kier molecular flexibility index (Phi) is 5.67.